The molecule has 2 heteroatoms. The van der Waals surface area contributed by atoms with Crippen LogP contribution in [0.4, 0.5) is 0 Å². The second-order valence-electron chi connectivity index (χ2n) is 5.86. The highest BCUT2D eigenvalue weighted by atomic mass is 14.7. The van der Waals surface area contributed by atoms with Crippen molar-refractivity contribution in [2.45, 2.75) is 18.8 Å². The average molecular weight is 284 g/mol. The summed E-state index contributed by atoms with van der Waals surface area (Å²) in [6.07, 6.45) is 6.51. The van der Waals surface area contributed by atoms with E-state index in [0.29, 0.717) is 5.57 Å². The SMILES string of the molecule is N#C/C(=C\c1ccc(C2CC2)cc1)c1c[nH]c2ccccc12. The van der Waals surface area contributed by atoms with Gasteiger partial charge in [0.1, 0.15) is 0 Å². The van der Waals surface area contributed by atoms with Crippen molar-refractivity contribution >= 4 is 22.6 Å². The van der Waals surface area contributed by atoms with Gasteiger partial charge in [-0.1, -0.05) is 42.5 Å². The van der Waals surface area contributed by atoms with E-state index in [9.17, 15) is 5.26 Å². The molecule has 3 aromatic rings. The Labute approximate surface area is 129 Å². The summed E-state index contributed by atoms with van der Waals surface area (Å²) in [6.45, 7) is 0. The van der Waals surface area contributed by atoms with Crippen molar-refractivity contribution in [2.24, 2.45) is 0 Å². The van der Waals surface area contributed by atoms with Gasteiger partial charge in [0.05, 0.1) is 11.6 Å². The number of nitrogens with zero attached hydrogens (tertiary/aromatic N) is 1. The van der Waals surface area contributed by atoms with Gasteiger partial charge in [-0.3, -0.25) is 0 Å². The number of para-hydroxylation sites is 1. The number of aromatic amines is 1. The van der Waals surface area contributed by atoms with E-state index in [-0.39, 0.29) is 0 Å². The molecule has 0 atom stereocenters. The molecular formula is C20H16N2. The van der Waals surface area contributed by atoms with E-state index < -0.39 is 0 Å². The number of rotatable bonds is 3. The number of allylic oxidation sites excluding steroid dienone is 1. The third kappa shape index (κ3) is 2.31. The van der Waals surface area contributed by atoms with Gasteiger partial charge in [-0.05, 0) is 42.0 Å². The summed E-state index contributed by atoms with van der Waals surface area (Å²) in [6, 6.07) is 19.0. The van der Waals surface area contributed by atoms with Gasteiger partial charge in [-0.25, -0.2) is 0 Å². The minimum atomic E-state index is 0.691. The summed E-state index contributed by atoms with van der Waals surface area (Å²) in [5, 5.41) is 10.6. The first-order chi connectivity index (χ1) is 10.8. The smallest absolute Gasteiger partial charge is 0.0998 e. The molecule has 1 aromatic heterocycles. The molecule has 0 saturated heterocycles. The van der Waals surface area contributed by atoms with Crippen LogP contribution in [-0.2, 0) is 0 Å². The maximum Gasteiger partial charge on any atom is 0.0998 e. The van der Waals surface area contributed by atoms with Gasteiger partial charge in [-0.15, -0.1) is 0 Å². The van der Waals surface area contributed by atoms with Crippen molar-refractivity contribution in [3.8, 4) is 6.07 Å². The minimum absolute atomic E-state index is 0.691. The first kappa shape index (κ1) is 12.9. The van der Waals surface area contributed by atoms with Gasteiger partial charge in [0.2, 0.25) is 0 Å². The predicted molar refractivity (Wildman–Crippen MR) is 90.2 cm³/mol. The molecule has 1 aliphatic carbocycles. The lowest BCUT2D eigenvalue weighted by Gasteiger charge is -2.01. The quantitative estimate of drug-likeness (QED) is 0.667. The lowest BCUT2D eigenvalue weighted by molar-refractivity contribution is 1.13. The monoisotopic (exact) mass is 284 g/mol. The van der Waals surface area contributed by atoms with Crippen LogP contribution in [0.1, 0.15) is 35.4 Å². The number of benzene rings is 2. The van der Waals surface area contributed by atoms with E-state index in [1.54, 1.807) is 0 Å². The fourth-order valence-corrected chi connectivity index (χ4v) is 2.91. The molecule has 1 aliphatic rings. The Bertz CT molecular complexity index is 887. The molecule has 106 valence electrons. The summed E-state index contributed by atoms with van der Waals surface area (Å²) < 4.78 is 0. The van der Waals surface area contributed by atoms with Crippen molar-refractivity contribution in [1.82, 2.24) is 4.98 Å². The lowest BCUT2D eigenvalue weighted by Crippen LogP contribution is -1.82. The van der Waals surface area contributed by atoms with Crippen LogP contribution in [0.15, 0.2) is 54.7 Å². The Kier molecular flexibility index (Phi) is 3.05. The lowest BCUT2D eigenvalue weighted by atomic mass is 10.0. The first-order valence-corrected chi connectivity index (χ1v) is 7.63. The molecule has 4 rings (SSSR count). The topological polar surface area (TPSA) is 39.6 Å². The van der Waals surface area contributed by atoms with Crippen molar-refractivity contribution in [2.75, 3.05) is 0 Å². The zero-order valence-corrected chi connectivity index (χ0v) is 12.2. The highest BCUT2D eigenvalue weighted by molar-refractivity contribution is 6.01. The van der Waals surface area contributed by atoms with Crippen molar-refractivity contribution in [3.05, 3.63) is 71.4 Å². The molecule has 1 fully saturated rings. The summed E-state index contributed by atoms with van der Waals surface area (Å²) in [7, 11) is 0. The molecule has 22 heavy (non-hydrogen) atoms. The van der Waals surface area contributed by atoms with Gasteiger partial charge in [-0.2, -0.15) is 5.26 Å². The summed E-state index contributed by atoms with van der Waals surface area (Å²) in [5.74, 6) is 0.766. The Morgan fingerprint density at radius 2 is 1.86 bits per heavy atom. The number of aromatic nitrogens is 1. The van der Waals surface area contributed by atoms with Gasteiger partial charge in [0.25, 0.3) is 0 Å². The van der Waals surface area contributed by atoms with E-state index in [1.165, 1.54) is 18.4 Å². The summed E-state index contributed by atoms with van der Waals surface area (Å²) >= 11 is 0. The van der Waals surface area contributed by atoms with Crippen LogP contribution in [0.25, 0.3) is 22.6 Å². The first-order valence-electron chi connectivity index (χ1n) is 7.63. The number of hydrogen-bond donors (Lipinski definition) is 1. The van der Waals surface area contributed by atoms with Crippen molar-refractivity contribution in [1.29, 1.82) is 5.26 Å². The fourth-order valence-electron chi connectivity index (χ4n) is 2.91. The van der Waals surface area contributed by atoms with Crippen LogP contribution in [0, 0.1) is 11.3 Å². The second kappa shape index (κ2) is 5.20. The maximum absolute atomic E-state index is 9.54. The third-order valence-electron chi connectivity index (χ3n) is 4.30. The average Bonchev–Trinajstić information content (AvgIpc) is 3.33. The van der Waals surface area contributed by atoms with Crippen LogP contribution in [-0.4, -0.2) is 4.98 Å². The van der Waals surface area contributed by atoms with E-state index >= 15 is 0 Å². The molecule has 0 aliphatic heterocycles. The van der Waals surface area contributed by atoms with E-state index in [2.05, 4.69) is 35.3 Å². The molecule has 0 amide bonds. The zero-order chi connectivity index (χ0) is 14.9. The number of nitrogens with one attached hydrogen (secondary N) is 1. The minimum Gasteiger partial charge on any atom is -0.361 e. The third-order valence-corrected chi connectivity index (χ3v) is 4.30. The fraction of sp³-hybridized carbons (Fsp3) is 0.150. The van der Waals surface area contributed by atoms with E-state index in [4.69, 9.17) is 0 Å². The van der Waals surface area contributed by atoms with Crippen molar-refractivity contribution < 1.29 is 0 Å². The van der Waals surface area contributed by atoms with Crippen LogP contribution in [0.3, 0.4) is 0 Å². The molecule has 2 aromatic carbocycles. The molecule has 2 nitrogen and oxygen atoms in total. The number of fused-ring (bicyclic) bond motifs is 1. The largest absolute Gasteiger partial charge is 0.361 e. The Balaban J connectivity index is 1.73. The predicted octanol–water partition coefficient (Wildman–Crippen LogP) is 5.11. The number of H-pyrrole nitrogens is 1. The molecule has 0 bridgehead atoms. The van der Waals surface area contributed by atoms with Gasteiger partial charge in [0.15, 0.2) is 0 Å². The Hall–Kier alpha value is -2.79. The molecule has 1 saturated carbocycles. The molecule has 1 N–H and O–H groups in total. The highest BCUT2D eigenvalue weighted by Crippen LogP contribution is 2.40. The van der Waals surface area contributed by atoms with E-state index in [0.717, 1.165) is 27.9 Å². The summed E-state index contributed by atoms with van der Waals surface area (Å²) in [5.41, 5.74) is 5.21. The van der Waals surface area contributed by atoms with Gasteiger partial charge >= 0.3 is 0 Å². The standard InChI is InChI=1S/C20H16N2/c21-12-17(19-13-22-20-4-2-1-3-18(19)20)11-14-5-7-15(8-6-14)16-9-10-16/h1-8,11,13,16,22H,9-10H2/b17-11+. The number of hydrogen-bond acceptors (Lipinski definition) is 1. The van der Waals surface area contributed by atoms with Gasteiger partial charge in [0, 0.05) is 22.7 Å². The Morgan fingerprint density at radius 1 is 1.09 bits per heavy atom. The second-order valence-corrected chi connectivity index (χ2v) is 5.86. The van der Waals surface area contributed by atoms with Crippen LogP contribution >= 0.6 is 0 Å². The van der Waals surface area contributed by atoms with Crippen LogP contribution in [0.2, 0.25) is 0 Å². The van der Waals surface area contributed by atoms with Crippen molar-refractivity contribution in [3.63, 3.8) is 0 Å². The van der Waals surface area contributed by atoms with E-state index in [1.807, 2.05) is 36.5 Å². The molecule has 0 spiro atoms. The molecule has 0 unspecified atom stereocenters. The summed E-state index contributed by atoms with van der Waals surface area (Å²) in [4.78, 5) is 3.23. The Morgan fingerprint density at radius 3 is 2.59 bits per heavy atom. The maximum atomic E-state index is 9.54. The molecule has 1 heterocycles. The molecule has 0 radical (unpaired) electrons. The highest BCUT2D eigenvalue weighted by Gasteiger charge is 2.22. The van der Waals surface area contributed by atoms with Gasteiger partial charge < -0.3 is 4.98 Å². The zero-order valence-electron chi connectivity index (χ0n) is 12.2. The van der Waals surface area contributed by atoms with Crippen LogP contribution < -0.4 is 0 Å². The van der Waals surface area contributed by atoms with Crippen LogP contribution in [0.5, 0.6) is 0 Å². The normalized spacial score (nSPS) is 15.0. The molecular weight excluding hydrogens is 268 g/mol. The number of nitriles is 1.